The Kier molecular flexibility index (Phi) is 4.36. The summed E-state index contributed by atoms with van der Waals surface area (Å²) in [5.74, 6) is 0.105. The predicted octanol–water partition coefficient (Wildman–Crippen LogP) is 4.55. The van der Waals surface area contributed by atoms with Gasteiger partial charge in [-0.25, -0.2) is 4.98 Å². The van der Waals surface area contributed by atoms with Crippen LogP contribution in [0.25, 0.3) is 10.2 Å². The van der Waals surface area contributed by atoms with Crippen molar-refractivity contribution in [3.8, 4) is 0 Å². The Morgan fingerprint density at radius 3 is 2.93 bits per heavy atom. The number of aryl methyl sites for hydroxylation is 1. The molecule has 28 heavy (non-hydrogen) atoms. The van der Waals surface area contributed by atoms with Crippen molar-refractivity contribution in [2.75, 3.05) is 11.9 Å². The molecule has 1 N–H and O–H groups in total. The van der Waals surface area contributed by atoms with Gasteiger partial charge in [0.2, 0.25) is 5.91 Å². The molecular formula is C22H21N3O2S. The number of amides is 2. The number of hydrogen-bond acceptors (Lipinski definition) is 4. The van der Waals surface area contributed by atoms with E-state index < -0.39 is 0 Å². The predicted molar refractivity (Wildman–Crippen MR) is 111 cm³/mol. The Labute approximate surface area is 167 Å². The second-order valence-electron chi connectivity index (χ2n) is 7.45. The number of nitrogens with one attached hydrogen (secondary N) is 1. The second kappa shape index (κ2) is 7.02. The van der Waals surface area contributed by atoms with Crippen LogP contribution < -0.4 is 5.32 Å². The monoisotopic (exact) mass is 391 g/mol. The van der Waals surface area contributed by atoms with Gasteiger partial charge in [0.05, 0.1) is 16.3 Å². The van der Waals surface area contributed by atoms with E-state index in [1.165, 1.54) is 0 Å². The SMILES string of the molecule is O=C1CCCc2cc(C(=O)N3CCC[C@H]3c3nc4ccccc4s3)ccc2N1. The van der Waals surface area contributed by atoms with Crippen LogP contribution in [0.5, 0.6) is 0 Å². The molecule has 0 bridgehead atoms. The highest BCUT2D eigenvalue weighted by Crippen LogP contribution is 2.37. The van der Waals surface area contributed by atoms with E-state index in [1.807, 2.05) is 41.3 Å². The smallest absolute Gasteiger partial charge is 0.254 e. The number of carbonyl (C=O) groups is 2. The Balaban J connectivity index is 1.44. The number of thiazole rings is 1. The van der Waals surface area contributed by atoms with Gasteiger partial charge in [0.25, 0.3) is 5.91 Å². The van der Waals surface area contributed by atoms with Crippen molar-refractivity contribution in [1.29, 1.82) is 0 Å². The highest BCUT2D eigenvalue weighted by molar-refractivity contribution is 7.18. The molecule has 0 unspecified atom stereocenters. The van der Waals surface area contributed by atoms with Crippen LogP contribution >= 0.6 is 11.3 Å². The third-order valence-corrected chi connectivity index (χ3v) is 6.72. The first kappa shape index (κ1) is 17.4. The van der Waals surface area contributed by atoms with Crippen LogP contribution in [0.3, 0.4) is 0 Å². The standard InChI is InChI=1S/C22H21N3O2S/c26-20-9-3-5-14-13-15(10-11-16(14)23-20)22(27)25-12-4-7-18(25)21-24-17-6-1-2-8-19(17)28-21/h1-2,6,8,10-11,13,18H,3-5,7,9,12H2,(H,23,26)/t18-/m0/s1. The third kappa shape index (κ3) is 3.07. The molecule has 0 saturated carbocycles. The first-order valence-corrected chi connectivity index (χ1v) is 10.6. The summed E-state index contributed by atoms with van der Waals surface area (Å²) in [5, 5.41) is 3.96. The van der Waals surface area contributed by atoms with Crippen LogP contribution in [0.2, 0.25) is 0 Å². The van der Waals surface area contributed by atoms with Crippen LogP contribution in [-0.4, -0.2) is 28.2 Å². The maximum Gasteiger partial charge on any atom is 0.254 e. The van der Waals surface area contributed by atoms with E-state index in [0.29, 0.717) is 12.0 Å². The van der Waals surface area contributed by atoms with Gasteiger partial charge >= 0.3 is 0 Å². The number of carbonyl (C=O) groups excluding carboxylic acids is 2. The van der Waals surface area contributed by atoms with Crippen molar-refractivity contribution < 1.29 is 9.59 Å². The van der Waals surface area contributed by atoms with Crippen LogP contribution in [0.15, 0.2) is 42.5 Å². The average molecular weight is 391 g/mol. The normalized spacial score (nSPS) is 19.4. The second-order valence-corrected chi connectivity index (χ2v) is 8.51. The lowest BCUT2D eigenvalue weighted by Crippen LogP contribution is -2.30. The minimum atomic E-state index is 0.0448. The van der Waals surface area contributed by atoms with Crippen LogP contribution in [0.1, 0.15) is 52.7 Å². The van der Waals surface area contributed by atoms with Crippen molar-refractivity contribution in [3.05, 3.63) is 58.6 Å². The summed E-state index contributed by atoms with van der Waals surface area (Å²) in [6, 6.07) is 13.8. The van der Waals surface area contributed by atoms with Gasteiger partial charge < -0.3 is 10.2 Å². The molecule has 0 spiro atoms. The molecule has 5 nitrogen and oxygen atoms in total. The fraction of sp³-hybridized carbons (Fsp3) is 0.318. The number of hydrogen-bond donors (Lipinski definition) is 1. The summed E-state index contributed by atoms with van der Waals surface area (Å²) >= 11 is 1.68. The van der Waals surface area contributed by atoms with Crippen molar-refractivity contribution in [2.24, 2.45) is 0 Å². The summed E-state index contributed by atoms with van der Waals surface area (Å²) < 4.78 is 1.16. The molecule has 0 radical (unpaired) electrons. The molecule has 2 amide bonds. The van der Waals surface area contributed by atoms with Gasteiger partial charge in [-0.05, 0) is 61.6 Å². The highest BCUT2D eigenvalue weighted by Gasteiger charge is 2.33. The Morgan fingerprint density at radius 2 is 2.04 bits per heavy atom. The van der Waals surface area contributed by atoms with Gasteiger partial charge in [-0.3, -0.25) is 9.59 Å². The lowest BCUT2D eigenvalue weighted by molar-refractivity contribution is -0.116. The lowest BCUT2D eigenvalue weighted by Gasteiger charge is -2.23. The molecule has 0 aliphatic carbocycles. The molecule has 6 heteroatoms. The lowest BCUT2D eigenvalue weighted by atomic mass is 10.0. The molecule has 3 aromatic rings. The largest absolute Gasteiger partial charge is 0.329 e. The number of fused-ring (bicyclic) bond motifs is 2. The van der Waals surface area contributed by atoms with Gasteiger partial charge in [-0.15, -0.1) is 11.3 Å². The minimum absolute atomic E-state index is 0.0448. The first-order chi connectivity index (χ1) is 13.7. The number of likely N-dealkylation sites (tertiary alicyclic amines) is 1. The van der Waals surface area contributed by atoms with Crippen molar-refractivity contribution >= 4 is 39.1 Å². The molecule has 1 saturated heterocycles. The fourth-order valence-corrected chi connectivity index (χ4v) is 5.29. The summed E-state index contributed by atoms with van der Waals surface area (Å²) in [6.07, 6.45) is 4.11. The zero-order valence-corrected chi connectivity index (χ0v) is 16.3. The van der Waals surface area contributed by atoms with E-state index in [9.17, 15) is 9.59 Å². The van der Waals surface area contributed by atoms with Gasteiger partial charge in [0.1, 0.15) is 5.01 Å². The quantitative estimate of drug-likeness (QED) is 0.697. The molecule has 5 rings (SSSR count). The highest BCUT2D eigenvalue weighted by atomic mass is 32.1. The maximum absolute atomic E-state index is 13.3. The van der Waals surface area contributed by atoms with E-state index in [-0.39, 0.29) is 17.9 Å². The topological polar surface area (TPSA) is 62.3 Å². The Morgan fingerprint density at radius 1 is 1.14 bits per heavy atom. The summed E-state index contributed by atoms with van der Waals surface area (Å²) in [5.41, 5.74) is 3.58. The fourth-order valence-electron chi connectivity index (χ4n) is 4.17. The van der Waals surface area contributed by atoms with Crippen LogP contribution in [0, 0.1) is 0 Å². The van der Waals surface area contributed by atoms with Crippen molar-refractivity contribution in [2.45, 2.75) is 38.1 Å². The molecule has 2 aliphatic heterocycles. The van der Waals surface area contributed by atoms with Crippen molar-refractivity contribution in [3.63, 3.8) is 0 Å². The van der Waals surface area contributed by atoms with Crippen LogP contribution in [-0.2, 0) is 11.2 Å². The average Bonchev–Trinajstić information content (AvgIpc) is 3.30. The molecule has 1 fully saturated rings. The van der Waals surface area contributed by atoms with Gasteiger partial charge in [0, 0.05) is 24.2 Å². The zero-order valence-electron chi connectivity index (χ0n) is 15.5. The molecule has 3 heterocycles. The van der Waals surface area contributed by atoms with E-state index >= 15 is 0 Å². The van der Waals surface area contributed by atoms with Gasteiger partial charge in [-0.1, -0.05) is 12.1 Å². The van der Waals surface area contributed by atoms with E-state index in [4.69, 9.17) is 4.98 Å². The summed E-state index contributed by atoms with van der Waals surface area (Å²) in [6.45, 7) is 0.757. The maximum atomic E-state index is 13.3. The van der Waals surface area contributed by atoms with E-state index in [0.717, 1.165) is 58.7 Å². The number of aromatic nitrogens is 1. The van der Waals surface area contributed by atoms with E-state index in [1.54, 1.807) is 11.3 Å². The first-order valence-electron chi connectivity index (χ1n) is 9.78. The number of para-hydroxylation sites is 1. The Hall–Kier alpha value is -2.73. The Bertz CT molecular complexity index is 1040. The third-order valence-electron chi connectivity index (χ3n) is 5.59. The zero-order chi connectivity index (χ0) is 19.1. The van der Waals surface area contributed by atoms with Crippen LogP contribution in [0.4, 0.5) is 5.69 Å². The number of nitrogens with zero attached hydrogens (tertiary/aromatic N) is 2. The summed E-state index contributed by atoms with van der Waals surface area (Å²) in [7, 11) is 0. The molecule has 2 aliphatic rings. The van der Waals surface area contributed by atoms with Crippen molar-refractivity contribution in [1.82, 2.24) is 9.88 Å². The molecule has 1 aromatic heterocycles. The summed E-state index contributed by atoms with van der Waals surface area (Å²) in [4.78, 5) is 31.8. The van der Waals surface area contributed by atoms with E-state index in [2.05, 4.69) is 11.4 Å². The molecule has 142 valence electrons. The number of rotatable bonds is 2. The minimum Gasteiger partial charge on any atom is -0.329 e. The molecular weight excluding hydrogens is 370 g/mol. The molecule has 1 atom stereocenters. The van der Waals surface area contributed by atoms with Gasteiger partial charge in [0.15, 0.2) is 0 Å². The van der Waals surface area contributed by atoms with Gasteiger partial charge in [-0.2, -0.15) is 0 Å². The molecule has 2 aromatic carbocycles. The number of anilines is 1. The number of benzene rings is 2.